The van der Waals surface area contributed by atoms with Crippen LogP contribution in [0.5, 0.6) is 0 Å². The lowest BCUT2D eigenvalue weighted by atomic mass is 10.0. The number of carbonyl (C=O) groups excluding carboxylic acids is 1. The smallest absolute Gasteiger partial charge is 0.343 e. The molecule has 1 aliphatic rings. The van der Waals surface area contributed by atoms with E-state index in [1.165, 1.54) is 17.7 Å². The average molecular weight is 322 g/mol. The molecule has 0 amide bonds. The van der Waals surface area contributed by atoms with Crippen LogP contribution in [0.3, 0.4) is 0 Å². The molecule has 0 N–H and O–H groups in total. The Hall–Kier alpha value is -2.68. The second-order valence-electron chi connectivity index (χ2n) is 6.34. The third-order valence-electron chi connectivity index (χ3n) is 3.80. The highest BCUT2D eigenvalue weighted by molar-refractivity contribution is 6.05. The molecule has 1 aliphatic heterocycles. The molecule has 0 aliphatic carbocycles. The molecule has 2 aromatic rings. The van der Waals surface area contributed by atoms with Crippen molar-refractivity contribution < 1.29 is 13.9 Å². The molecule has 0 unspecified atom stereocenters. The molecule has 0 fully saturated rings. The summed E-state index contributed by atoms with van der Waals surface area (Å²) in [7, 11) is 0. The van der Waals surface area contributed by atoms with Crippen molar-refractivity contribution in [3.63, 3.8) is 0 Å². The first-order valence-corrected chi connectivity index (χ1v) is 8.02. The molecule has 0 saturated carbocycles. The minimum atomic E-state index is -0.388. The SMILES string of the molecule is CC(C)Cc1ccc(C2=C/C(=C\c3ccc(F)cc3)C(=O)O2)cc1. The van der Waals surface area contributed by atoms with Crippen LogP contribution < -0.4 is 0 Å². The van der Waals surface area contributed by atoms with E-state index in [0.717, 1.165) is 17.5 Å². The van der Waals surface area contributed by atoms with E-state index in [4.69, 9.17) is 4.74 Å². The Bertz CT molecular complexity index is 797. The third kappa shape index (κ3) is 3.80. The fourth-order valence-electron chi connectivity index (χ4n) is 2.65. The Kier molecular flexibility index (Phi) is 4.61. The number of benzene rings is 2. The predicted octanol–water partition coefficient (Wildman–Crippen LogP) is 5.01. The molecule has 0 atom stereocenters. The van der Waals surface area contributed by atoms with Crippen LogP contribution in [-0.2, 0) is 16.0 Å². The van der Waals surface area contributed by atoms with E-state index in [-0.39, 0.29) is 11.8 Å². The fourth-order valence-corrected chi connectivity index (χ4v) is 2.65. The van der Waals surface area contributed by atoms with Crippen LogP contribution in [0.2, 0.25) is 0 Å². The van der Waals surface area contributed by atoms with Gasteiger partial charge in [0, 0.05) is 5.56 Å². The van der Waals surface area contributed by atoms with Crippen molar-refractivity contribution in [1.29, 1.82) is 0 Å². The zero-order valence-electron chi connectivity index (χ0n) is 13.8. The molecule has 3 heteroatoms. The van der Waals surface area contributed by atoms with Gasteiger partial charge in [-0.3, -0.25) is 0 Å². The van der Waals surface area contributed by atoms with Crippen LogP contribution in [0, 0.1) is 11.7 Å². The van der Waals surface area contributed by atoms with Crippen LogP contribution in [0.4, 0.5) is 4.39 Å². The lowest BCUT2D eigenvalue weighted by molar-refractivity contribution is -0.130. The van der Waals surface area contributed by atoms with Crippen LogP contribution in [0.15, 0.2) is 60.2 Å². The van der Waals surface area contributed by atoms with E-state index in [1.807, 2.05) is 12.1 Å². The third-order valence-corrected chi connectivity index (χ3v) is 3.80. The van der Waals surface area contributed by atoms with Gasteiger partial charge in [-0.2, -0.15) is 0 Å². The molecule has 2 nitrogen and oxygen atoms in total. The van der Waals surface area contributed by atoms with E-state index in [0.29, 0.717) is 17.3 Å². The van der Waals surface area contributed by atoms with Crippen molar-refractivity contribution in [3.8, 4) is 0 Å². The number of carbonyl (C=O) groups is 1. The molecule has 24 heavy (non-hydrogen) atoms. The largest absolute Gasteiger partial charge is 0.422 e. The first-order valence-electron chi connectivity index (χ1n) is 8.02. The van der Waals surface area contributed by atoms with Crippen molar-refractivity contribution in [2.45, 2.75) is 20.3 Å². The van der Waals surface area contributed by atoms with Gasteiger partial charge in [-0.25, -0.2) is 9.18 Å². The minimum Gasteiger partial charge on any atom is -0.422 e. The highest BCUT2D eigenvalue weighted by Crippen LogP contribution is 2.28. The molecule has 1 heterocycles. The van der Waals surface area contributed by atoms with Gasteiger partial charge >= 0.3 is 5.97 Å². The Balaban J connectivity index is 1.82. The van der Waals surface area contributed by atoms with Gasteiger partial charge in [0.05, 0.1) is 5.57 Å². The van der Waals surface area contributed by atoms with Gasteiger partial charge in [0.2, 0.25) is 0 Å². The van der Waals surface area contributed by atoms with E-state index in [2.05, 4.69) is 26.0 Å². The van der Waals surface area contributed by atoms with Gasteiger partial charge in [-0.1, -0.05) is 50.2 Å². The highest BCUT2D eigenvalue weighted by Gasteiger charge is 2.21. The highest BCUT2D eigenvalue weighted by atomic mass is 19.1. The topological polar surface area (TPSA) is 26.3 Å². The van der Waals surface area contributed by atoms with Gasteiger partial charge in [-0.15, -0.1) is 0 Å². The normalized spacial score (nSPS) is 15.8. The summed E-state index contributed by atoms with van der Waals surface area (Å²) >= 11 is 0. The second kappa shape index (κ2) is 6.83. The Morgan fingerprint density at radius 1 is 1.04 bits per heavy atom. The summed E-state index contributed by atoms with van der Waals surface area (Å²) in [5.41, 5.74) is 3.36. The Morgan fingerprint density at radius 2 is 1.71 bits per heavy atom. The zero-order chi connectivity index (χ0) is 17.1. The quantitative estimate of drug-likeness (QED) is 0.584. The van der Waals surface area contributed by atoms with E-state index < -0.39 is 0 Å². The first kappa shape index (κ1) is 16.2. The summed E-state index contributed by atoms with van der Waals surface area (Å²) in [4.78, 5) is 12.0. The Morgan fingerprint density at radius 3 is 2.33 bits per heavy atom. The van der Waals surface area contributed by atoms with E-state index in [1.54, 1.807) is 24.3 Å². The summed E-state index contributed by atoms with van der Waals surface area (Å²) in [6.07, 6.45) is 4.44. The van der Waals surface area contributed by atoms with Crippen molar-refractivity contribution in [2.75, 3.05) is 0 Å². The molecule has 0 spiro atoms. The molecule has 3 rings (SSSR count). The maximum atomic E-state index is 12.9. The Labute approximate surface area is 141 Å². The number of rotatable bonds is 4. The maximum absolute atomic E-state index is 12.9. The van der Waals surface area contributed by atoms with Crippen LogP contribution in [0.25, 0.3) is 11.8 Å². The van der Waals surface area contributed by atoms with Gasteiger partial charge in [-0.05, 0) is 47.8 Å². The summed E-state index contributed by atoms with van der Waals surface area (Å²) in [6.45, 7) is 4.36. The molecule has 0 radical (unpaired) electrons. The number of ether oxygens (including phenoxy) is 1. The molecule has 2 aromatic carbocycles. The number of halogens is 1. The van der Waals surface area contributed by atoms with Crippen molar-refractivity contribution >= 4 is 17.8 Å². The number of hydrogen-bond acceptors (Lipinski definition) is 2. The average Bonchev–Trinajstić information content (AvgIpc) is 2.91. The summed E-state index contributed by atoms with van der Waals surface area (Å²) < 4.78 is 18.3. The number of hydrogen-bond donors (Lipinski definition) is 0. The van der Waals surface area contributed by atoms with Crippen LogP contribution >= 0.6 is 0 Å². The van der Waals surface area contributed by atoms with E-state index in [9.17, 15) is 9.18 Å². The minimum absolute atomic E-state index is 0.302. The van der Waals surface area contributed by atoms with Crippen LogP contribution in [0.1, 0.15) is 30.5 Å². The fraction of sp³-hybridized carbons (Fsp3) is 0.190. The monoisotopic (exact) mass is 322 g/mol. The second-order valence-corrected chi connectivity index (χ2v) is 6.34. The summed E-state index contributed by atoms with van der Waals surface area (Å²) in [6, 6.07) is 14.0. The maximum Gasteiger partial charge on any atom is 0.343 e. The molecule has 0 saturated heterocycles. The van der Waals surface area contributed by atoms with Gasteiger partial charge in [0.1, 0.15) is 11.6 Å². The molecule has 122 valence electrons. The molecule has 0 bridgehead atoms. The first-order chi connectivity index (χ1) is 11.5. The molecular weight excluding hydrogens is 303 g/mol. The van der Waals surface area contributed by atoms with Crippen molar-refractivity contribution in [3.05, 3.63) is 82.7 Å². The van der Waals surface area contributed by atoms with Gasteiger partial charge < -0.3 is 4.74 Å². The lowest BCUT2D eigenvalue weighted by Gasteiger charge is -2.06. The van der Waals surface area contributed by atoms with Crippen molar-refractivity contribution in [1.82, 2.24) is 0 Å². The van der Waals surface area contributed by atoms with Gasteiger partial charge in [0.25, 0.3) is 0 Å². The summed E-state index contributed by atoms with van der Waals surface area (Å²) in [5.74, 6) is 0.457. The van der Waals surface area contributed by atoms with Gasteiger partial charge in [0.15, 0.2) is 0 Å². The number of esters is 1. The zero-order valence-corrected chi connectivity index (χ0v) is 13.8. The molecule has 0 aromatic heterocycles. The van der Waals surface area contributed by atoms with Crippen molar-refractivity contribution in [2.24, 2.45) is 5.92 Å². The van der Waals surface area contributed by atoms with Crippen LogP contribution in [-0.4, -0.2) is 5.97 Å². The summed E-state index contributed by atoms with van der Waals surface area (Å²) in [5, 5.41) is 0. The number of cyclic esters (lactones) is 1. The molecular formula is C21H19FO2. The lowest BCUT2D eigenvalue weighted by Crippen LogP contribution is -1.97. The predicted molar refractivity (Wildman–Crippen MR) is 93.4 cm³/mol. The van der Waals surface area contributed by atoms with E-state index >= 15 is 0 Å². The standard InChI is InChI=1S/C21H19FO2/c1-14(2)11-15-3-7-17(8-4-15)20-13-18(21(23)24-20)12-16-5-9-19(22)10-6-16/h3-10,12-14H,11H2,1-2H3/b18-12+.